The number of benzene rings is 3. The number of allylic oxidation sites excluding steroid dienone is 4. The Labute approximate surface area is 223 Å². The molecule has 0 aliphatic rings. The Morgan fingerprint density at radius 1 is 0.972 bits per heavy atom. The molecule has 0 aromatic heterocycles. The molecule has 0 saturated heterocycles. The molecule has 0 heterocycles. The van der Waals surface area contributed by atoms with Gasteiger partial charge in [0.05, 0.1) is 39.9 Å². The van der Waals surface area contributed by atoms with Crippen LogP contribution in [0.5, 0.6) is 0 Å². The summed E-state index contributed by atoms with van der Waals surface area (Å²) < 4.78 is 6.45. The van der Waals surface area contributed by atoms with E-state index in [1.165, 1.54) is 0 Å². The Balaban J connectivity index is 2.06. The number of nitriles is 2. The molecule has 0 aliphatic carbocycles. The molecule has 0 fully saturated rings. The van der Waals surface area contributed by atoms with Crippen LogP contribution in [0.15, 0.2) is 96.6 Å². The largest absolute Gasteiger partial charge is 0.364 e. The third-order valence-corrected chi connectivity index (χ3v) is 6.43. The average molecular weight is 513 g/mol. The van der Waals surface area contributed by atoms with E-state index in [1.54, 1.807) is 24.3 Å². The molecule has 0 bridgehead atoms. The van der Waals surface area contributed by atoms with Crippen molar-refractivity contribution in [2.75, 3.05) is 0 Å². The minimum Gasteiger partial charge on any atom is -0.364 e. The minimum atomic E-state index is -0.402. The first kappa shape index (κ1) is 27.0. The predicted molar refractivity (Wildman–Crippen MR) is 148 cm³/mol. The summed E-state index contributed by atoms with van der Waals surface area (Å²) in [4.78, 5) is 0. The molecule has 3 aromatic carbocycles. The Morgan fingerprint density at radius 3 is 2.42 bits per heavy atom. The molecule has 0 saturated carbocycles. The van der Waals surface area contributed by atoms with Crippen LogP contribution < -0.4 is 0 Å². The summed E-state index contributed by atoms with van der Waals surface area (Å²) >= 11 is 12.8. The fourth-order valence-corrected chi connectivity index (χ4v) is 4.12. The zero-order valence-electron chi connectivity index (χ0n) is 20.2. The highest BCUT2D eigenvalue weighted by atomic mass is 35.5. The van der Waals surface area contributed by atoms with Crippen molar-refractivity contribution in [1.82, 2.24) is 0 Å². The lowest BCUT2D eigenvalue weighted by Gasteiger charge is -2.21. The lowest BCUT2D eigenvalue weighted by molar-refractivity contribution is 0.0662. The second-order valence-corrected chi connectivity index (χ2v) is 8.79. The van der Waals surface area contributed by atoms with Crippen molar-refractivity contribution < 1.29 is 4.74 Å². The number of hydrogen-bond donors (Lipinski definition) is 0. The molecule has 0 radical (unpaired) electrons. The van der Waals surface area contributed by atoms with Gasteiger partial charge in [0, 0.05) is 11.1 Å². The quantitative estimate of drug-likeness (QED) is 0.268. The van der Waals surface area contributed by atoms with Crippen LogP contribution in [-0.4, -0.2) is 0 Å². The lowest BCUT2D eigenvalue weighted by Crippen LogP contribution is -2.08. The van der Waals surface area contributed by atoms with Crippen molar-refractivity contribution in [1.29, 1.82) is 10.5 Å². The van der Waals surface area contributed by atoms with Crippen LogP contribution in [0.1, 0.15) is 48.6 Å². The normalized spacial score (nSPS) is 12.6. The predicted octanol–water partition coefficient (Wildman–Crippen LogP) is 9.13. The Bertz CT molecular complexity index is 1370. The molecule has 3 rings (SSSR count). The van der Waals surface area contributed by atoms with Gasteiger partial charge in [-0.25, -0.2) is 0 Å². The van der Waals surface area contributed by atoms with Gasteiger partial charge in [-0.1, -0.05) is 90.8 Å². The minimum absolute atomic E-state index is 0.347. The first-order valence-corrected chi connectivity index (χ1v) is 12.4. The summed E-state index contributed by atoms with van der Waals surface area (Å²) in [5, 5.41) is 19.7. The van der Waals surface area contributed by atoms with Crippen molar-refractivity contribution in [2.24, 2.45) is 0 Å². The maximum atomic E-state index is 9.78. The highest BCUT2D eigenvalue weighted by molar-refractivity contribution is 6.43. The molecule has 1 unspecified atom stereocenters. The van der Waals surface area contributed by atoms with Crippen LogP contribution >= 0.6 is 23.2 Å². The number of halogens is 2. The van der Waals surface area contributed by atoms with E-state index in [2.05, 4.69) is 25.1 Å². The van der Waals surface area contributed by atoms with Crippen molar-refractivity contribution in [3.05, 3.63) is 129 Å². The molecular weight excluding hydrogens is 487 g/mol. The molecular formula is C31H26Cl2N2O. The average Bonchev–Trinajstić information content (AvgIpc) is 2.91. The van der Waals surface area contributed by atoms with Crippen LogP contribution in [0.3, 0.4) is 0 Å². The smallest absolute Gasteiger partial charge is 0.108 e. The number of rotatable bonds is 9. The SMILES string of the molecule is C\C=C(/C=C\C=C\CC)C(OCc1ccc(C#N)cc1)c1ccc(C#N)c(-c2cccc(Cl)c2Cl)c1. The molecule has 1 atom stereocenters. The molecule has 3 aromatic rings. The van der Waals surface area contributed by atoms with Gasteiger partial charge in [0.1, 0.15) is 6.10 Å². The van der Waals surface area contributed by atoms with Crippen LogP contribution in [-0.2, 0) is 11.3 Å². The van der Waals surface area contributed by atoms with E-state index in [9.17, 15) is 5.26 Å². The van der Waals surface area contributed by atoms with E-state index in [4.69, 9.17) is 33.2 Å². The van der Waals surface area contributed by atoms with Gasteiger partial charge in [-0.15, -0.1) is 0 Å². The van der Waals surface area contributed by atoms with E-state index >= 15 is 0 Å². The van der Waals surface area contributed by atoms with Gasteiger partial charge in [-0.05, 0) is 60.4 Å². The van der Waals surface area contributed by atoms with Gasteiger partial charge in [-0.3, -0.25) is 0 Å². The Morgan fingerprint density at radius 2 is 1.75 bits per heavy atom. The summed E-state index contributed by atoms with van der Waals surface area (Å²) in [6.45, 7) is 4.41. The zero-order valence-corrected chi connectivity index (χ0v) is 21.7. The Kier molecular flexibility index (Phi) is 10.1. The third-order valence-electron chi connectivity index (χ3n) is 5.62. The number of nitrogens with zero attached hydrogens (tertiary/aromatic N) is 2. The summed E-state index contributed by atoms with van der Waals surface area (Å²) in [7, 11) is 0. The molecule has 0 N–H and O–H groups in total. The molecule has 36 heavy (non-hydrogen) atoms. The maximum absolute atomic E-state index is 9.78. The number of ether oxygens (including phenoxy) is 1. The van der Waals surface area contributed by atoms with E-state index in [0.717, 1.165) is 23.1 Å². The van der Waals surface area contributed by atoms with Crippen LogP contribution in [0.2, 0.25) is 10.0 Å². The van der Waals surface area contributed by atoms with Crippen molar-refractivity contribution in [3.8, 4) is 23.3 Å². The molecule has 5 heteroatoms. The van der Waals surface area contributed by atoms with E-state index in [0.29, 0.717) is 38.9 Å². The Hall–Kier alpha value is -3.60. The first-order chi connectivity index (χ1) is 17.5. The van der Waals surface area contributed by atoms with Gasteiger partial charge in [0.2, 0.25) is 0 Å². The van der Waals surface area contributed by atoms with Gasteiger partial charge in [-0.2, -0.15) is 10.5 Å². The van der Waals surface area contributed by atoms with Crippen molar-refractivity contribution >= 4 is 23.2 Å². The zero-order chi connectivity index (χ0) is 25.9. The first-order valence-electron chi connectivity index (χ1n) is 11.6. The van der Waals surface area contributed by atoms with Gasteiger partial charge in [0.15, 0.2) is 0 Å². The standard InChI is InChI=1S/C31H26Cl2N2O/c1-3-5-6-7-9-24(4-2)31(36-21-23-14-12-22(19-34)13-15-23)25-16-17-26(20-35)28(18-25)27-10-8-11-29(32)30(27)33/h4-18,31H,3,21H2,1-2H3/b6-5+,9-7-,24-4+. The second kappa shape index (κ2) is 13.5. The molecule has 0 spiro atoms. The van der Waals surface area contributed by atoms with Gasteiger partial charge in [0.25, 0.3) is 0 Å². The lowest BCUT2D eigenvalue weighted by atomic mass is 9.93. The summed E-state index contributed by atoms with van der Waals surface area (Å²) in [6, 6.07) is 22.8. The van der Waals surface area contributed by atoms with E-state index < -0.39 is 6.10 Å². The molecule has 0 amide bonds. The summed E-state index contributed by atoms with van der Waals surface area (Å²) in [5.41, 5.74) is 5.29. The van der Waals surface area contributed by atoms with Crippen LogP contribution in [0.4, 0.5) is 0 Å². The van der Waals surface area contributed by atoms with Gasteiger partial charge >= 0.3 is 0 Å². The second-order valence-electron chi connectivity index (χ2n) is 8.00. The van der Waals surface area contributed by atoms with Crippen LogP contribution in [0.25, 0.3) is 11.1 Å². The fourth-order valence-electron chi connectivity index (χ4n) is 3.71. The number of hydrogen-bond acceptors (Lipinski definition) is 3. The molecule has 3 nitrogen and oxygen atoms in total. The van der Waals surface area contributed by atoms with E-state index in [-0.39, 0.29) is 0 Å². The molecule has 180 valence electrons. The highest BCUT2D eigenvalue weighted by Crippen LogP contribution is 2.38. The third kappa shape index (κ3) is 6.75. The van der Waals surface area contributed by atoms with E-state index in [1.807, 2.05) is 67.6 Å². The summed E-state index contributed by atoms with van der Waals surface area (Å²) in [6.07, 6.45) is 10.7. The topological polar surface area (TPSA) is 56.8 Å². The van der Waals surface area contributed by atoms with Crippen molar-refractivity contribution in [2.45, 2.75) is 33.0 Å². The molecule has 0 aliphatic heterocycles. The summed E-state index contributed by atoms with van der Waals surface area (Å²) in [5.74, 6) is 0. The van der Waals surface area contributed by atoms with Crippen LogP contribution in [0, 0.1) is 22.7 Å². The highest BCUT2D eigenvalue weighted by Gasteiger charge is 2.19. The van der Waals surface area contributed by atoms with Gasteiger partial charge < -0.3 is 4.74 Å². The fraction of sp³-hybridized carbons (Fsp3) is 0.161. The monoisotopic (exact) mass is 512 g/mol. The maximum Gasteiger partial charge on any atom is 0.108 e. The van der Waals surface area contributed by atoms with Crippen molar-refractivity contribution in [3.63, 3.8) is 0 Å².